The summed E-state index contributed by atoms with van der Waals surface area (Å²) in [6.07, 6.45) is 1.76. The normalized spacial score (nSPS) is 14.1. The highest BCUT2D eigenvalue weighted by Crippen LogP contribution is 2.14. The molecule has 94 valence electrons. The summed E-state index contributed by atoms with van der Waals surface area (Å²) in [5.41, 5.74) is 0.487. The third-order valence-electron chi connectivity index (χ3n) is 2.70. The Labute approximate surface area is 108 Å². The first-order valence-corrected chi connectivity index (χ1v) is 5.97. The average Bonchev–Trinajstić information content (AvgIpc) is 2.56. The average molecular weight is 303 g/mol. The summed E-state index contributed by atoms with van der Waals surface area (Å²) in [6, 6.07) is 1.27. The lowest BCUT2D eigenvalue weighted by atomic mass is 10.0. The van der Waals surface area contributed by atoms with Crippen LogP contribution in [0.5, 0.6) is 0 Å². The van der Waals surface area contributed by atoms with Crippen LogP contribution in [0.25, 0.3) is 0 Å². The third kappa shape index (κ3) is 3.33. The zero-order chi connectivity index (χ0) is 13.2. The van der Waals surface area contributed by atoms with Gasteiger partial charge in [-0.3, -0.25) is 9.59 Å². The van der Waals surface area contributed by atoms with E-state index in [1.165, 1.54) is 0 Å². The highest BCUT2D eigenvalue weighted by molar-refractivity contribution is 9.10. The van der Waals surface area contributed by atoms with E-state index in [0.717, 1.165) is 4.47 Å². The van der Waals surface area contributed by atoms with E-state index >= 15 is 0 Å². The smallest absolute Gasteiger partial charge is 0.308 e. The molecule has 1 aromatic rings. The van der Waals surface area contributed by atoms with Crippen LogP contribution in [0.4, 0.5) is 0 Å². The lowest BCUT2D eigenvalue weighted by Crippen LogP contribution is -2.40. The van der Waals surface area contributed by atoms with Gasteiger partial charge in [-0.05, 0) is 35.8 Å². The molecule has 0 aliphatic carbocycles. The lowest BCUT2D eigenvalue weighted by molar-refractivity contribution is -0.141. The summed E-state index contributed by atoms with van der Waals surface area (Å²) in [5.74, 6) is -1.83. The Balaban J connectivity index is 2.73. The van der Waals surface area contributed by atoms with Crippen molar-refractivity contribution in [1.82, 2.24) is 9.88 Å². The molecule has 0 aromatic carbocycles. The molecular formula is C11H15BrN2O3. The topological polar surface area (TPSA) is 71.3 Å². The second-order valence-corrected chi connectivity index (χ2v) is 4.96. The maximum absolute atomic E-state index is 11.9. The van der Waals surface area contributed by atoms with Crippen LogP contribution in [0.2, 0.25) is 0 Å². The van der Waals surface area contributed by atoms with Crippen LogP contribution in [-0.4, -0.2) is 27.6 Å². The minimum absolute atomic E-state index is 0.279. The lowest BCUT2D eigenvalue weighted by Gasteiger charge is -2.17. The molecule has 6 heteroatoms. The molecule has 1 rings (SSSR count). The standard InChI is InChI=1S/C11H15BrN2O3/c1-6(11(16)17)7(2)13-10(15)9-4-8(12)5-14(9)3/h4-7H,1-3H3,(H,13,15)(H,16,17). The molecule has 1 aromatic heterocycles. The molecule has 2 N–H and O–H groups in total. The van der Waals surface area contributed by atoms with E-state index < -0.39 is 17.9 Å². The number of halogens is 1. The van der Waals surface area contributed by atoms with Gasteiger partial charge in [0, 0.05) is 23.8 Å². The first kappa shape index (κ1) is 13.8. The first-order valence-electron chi connectivity index (χ1n) is 5.18. The van der Waals surface area contributed by atoms with Crippen molar-refractivity contribution in [2.75, 3.05) is 0 Å². The van der Waals surface area contributed by atoms with E-state index in [1.54, 1.807) is 37.7 Å². The number of aromatic nitrogens is 1. The zero-order valence-electron chi connectivity index (χ0n) is 9.90. The monoisotopic (exact) mass is 302 g/mol. The van der Waals surface area contributed by atoms with E-state index in [2.05, 4.69) is 21.2 Å². The molecule has 2 atom stereocenters. The Morgan fingerprint density at radius 3 is 2.47 bits per heavy atom. The van der Waals surface area contributed by atoms with Crippen LogP contribution in [0, 0.1) is 5.92 Å². The van der Waals surface area contributed by atoms with Gasteiger partial charge in [0.25, 0.3) is 5.91 Å². The largest absolute Gasteiger partial charge is 0.481 e. The quantitative estimate of drug-likeness (QED) is 0.888. The second kappa shape index (κ2) is 5.35. The van der Waals surface area contributed by atoms with Crippen molar-refractivity contribution in [3.05, 3.63) is 22.4 Å². The molecule has 0 saturated carbocycles. The molecular weight excluding hydrogens is 288 g/mol. The van der Waals surface area contributed by atoms with Crippen molar-refractivity contribution >= 4 is 27.8 Å². The van der Waals surface area contributed by atoms with Crippen LogP contribution < -0.4 is 5.32 Å². The van der Waals surface area contributed by atoms with Crippen LogP contribution in [0.1, 0.15) is 24.3 Å². The predicted molar refractivity (Wildman–Crippen MR) is 66.8 cm³/mol. The highest BCUT2D eigenvalue weighted by atomic mass is 79.9. The SMILES string of the molecule is CC(NC(=O)c1cc(Br)cn1C)C(C)C(=O)O. The number of carbonyl (C=O) groups excluding carboxylic acids is 1. The van der Waals surface area contributed by atoms with Crippen molar-refractivity contribution in [3.8, 4) is 0 Å². The molecule has 0 saturated heterocycles. The number of carboxylic acids is 1. The van der Waals surface area contributed by atoms with Crippen molar-refractivity contribution in [1.29, 1.82) is 0 Å². The number of aryl methyl sites for hydroxylation is 1. The Morgan fingerprint density at radius 1 is 1.47 bits per heavy atom. The Morgan fingerprint density at radius 2 is 2.06 bits per heavy atom. The second-order valence-electron chi connectivity index (χ2n) is 4.04. The molecule has 0 aliphatic heterocycles. The number of aliphatic carboxylic acids is 1. The molecule has 5 nitrogen and oxygen atoms in total. The number of carbonyl (C=O) groups is 2. The summed E-state index contributed by atoms with van der Waals surface area (Å²) in [4.78, 5) is 22.6. The maximum Gasteiger partial charge on any atom is 0.308 e. The van der Waals surface area contributed by atoms with Crippen molar-refractivity contribution < 1.29 is 14.7 Å². The predicted octanol–water partition coefficient (Wildman–Crippen LogP) is 1.63. The van der Waals surface area contributed by atoms with Crippen molar-refractivity contribution in [2.45, 2.75) is 19.9 Å². The van der Waals surface area contributed by atoms with Gasteiger partial charge in [0.05, 0.1) is 5.92 Å². The number of hydrogen-bond acceptors (Lipinski definition) is 2. The fourth-order valence-electron chi connectivity index (χ4n) is 1.37. The molecule has 0 bridgehead atoms. The van der Waals surface area contributed by atoms with E-state index in [4.69, 9.17) is 5.11 Å². The fourth-order valence-corrected chi connectivity index (χ4v) is 1.89. The number of rotatable bonds is 4. The van der Waals surface area contributed by atoms with Gasteiger partial charge in [0.1, 0.15) is 5.69 Å². The van der Waals surface area contributed by atoms with Gasteiger partial charge in [0.15, 0.2) is 0 Å². The van der Waals surface area contributed by atoms with Crippen molar-refractivity contribution in [2.24, 2.45) is 13.0 Å². The summed E-state index contributed by atoms with van der Waals surface area (Å²) in [6.45, 7) is 3.24. The molecule has 0 spiro atoms. The van der Waals surface area contributed by atoms with Crippen LogP contribution in [0.3, 0.4) is 0 Å². The number of carboxylic acid groups (broad SMARTS) is 1. The van der Waals surface area contributed by atoms with E-state index in [0.29, 0.717) is 5.69 Å². The van der Waals surface area contributed by atoms with E-state index in [-0.39, 0.29) is 5.91 Å². The molecule has 0 radical (unpaired) electrons. The molecule has 0 aliphatic rings. The van der Waals surface area contributed by atoms with Crippen molar-refractivity contribution in [3.63, 3.8) is 0 Å². The number of nitrogens with zero attached hydrogens (tertiary/aromatic N) is 1. The van der Waals surface area contributed by atoms with Gasteiger partial charge in [0.2, 0.25) is 0 Å². The van der Waals surface area contributed by atoms with Crippen LogP contribution in [-0.2, 0) is 11.8 Å². The summed E-state index contributed by atoms with van der Waals surface area (Å²) >= 11 is 3.27. The molecule has 1 heterocycles. The van der Waals surface area contributed by atoms with Gasteiger partial charge >= 0.3 is 5.97 Å². The molecule has 1 amide bonds. The number of nitrogens with one attached hydrogen (secondary N) is 1. The summed E-state index contributed by atoms with van der Waals surface area (Å²) in [5, 5.41) is 11.5. The van der Waals surface area contributed by atoms with Gasteiger partial charge in [-0.2, -0.15) is 0 Å². The Hall–Kier alpha value is -1.30. The van der Waals surface area contributed by atoms with Crippen LogP contribution in [0.15, 0.2) is 16.7 Å². The van der Waals surface area contributed by atoms with E-state index in [1.807, 2.05) is 0 Å². The molecule has 0 fully saturated rings. The minimum Gasteiger partial charge on any atom is -0.481 e. The molecule has 17 heavy (non-hydrogen) atoms. The van der Waals surface area contributed by atoms with E-state index in [9.17, 15) is 9.59 Å². The first-order chi connectivity index (χ1) is 7.82. The zero-order valence-corrected chi connectivity index (χ0v) is 11.5. The van der Waals surface area contributed by atoms with Gasteiger partial charge in [-0.1, -0.05) is 0 Å². The molecule has 2 unspecified atom stereocenters. The highest BCUT2D eigenvalue weighted by Gasteiger charge is 2.22. The maximum atomic E-state index is 11.9. The fraction of sp³-hybridized carbons (Fsp3) is 0.455. The Bertz CT molecular complexity index is 442. The van der Waals surface area contributed by atoms with Gasteiger partial charge in [-0.15, -0.1) is 0 Å². The Kier molecular flexibility index (Phi) is 4.34. The minimum atomic E-state index is -0.925. The third-order valence-corrected chi connectivity index (χ3v) is 3.14. The van der Waals surface area contributed by atoms with Crippen LogP contribution >= 0.6 is 15.9 Å². The van der Waals surface area contributed by atoms with Gasteiger partial charge in [-0.25, -0.2) is 0 Å². The number of amides is 1. The summed E-state index contributed by atoms with van der Waals surface area (Å²) in [7, 11) is 1.75. The van der Waals surface area contributed by atoms with Gasteiger partial charge < -0.3 is 15.0 Å². The number of hydrogen-bond donors (Lipinski definition) is 2. The summed E-state index contributed by atoms with van der Waals surface area (Å²) < 4.78 is 2.49.